The van der Waals surface area contributed by atoms with Crippen molar-refractivity contribution >= 4 is 8.41 Å². The van der Waals surface area contributed by atoms with E-state index in [0.29, 0.717) is 6.42 Å². The highest BCUT2D eigenvalue weighted by Gasteiger charge is 2.24. The zero-order chi connectivity index (χ0) is 7.33. The molecule has 59 valence electrons. The Hall–Kier alpha value is -0.0551. The van der Waals surface area contributed by atoms with Gasteiger partial charge in [0.25, 0.3) is 0 Å². The standard InChI is InChI=1S/C6H14O3.B/c1-2-6(3-7,4-8)5-9;/h7-9H,2-5H2,1H3;. The van der Waals surface area contributed by atoms with Crippen LogP contribution in [0.2, 0.25) is 0 Å². The summed E-state index contributed by atoms with van der Waals surface area (Å²) in [6, 6.07) is 0. The summed E-state index contributed by atoms with van der Waals surface area (Å²) in [6.07, 6.45) is 0.594. The van der Waals surface area contributed by atoms with E-state index in [9.17, 15) is 0 Å². The third-order valence-electron chi connectivity index (χ3n) is 1.76. The molecule has 0 aliphatic heterocycles. The number of hydrogen-bond donors (Lipinski definition) is 3. The Bertz CT molecular complexity index is 55.9. The normalized spacial score (nSPS) is 10.8. The fourth-order valence-corrected chi connectivity index (χ4v) is 0.485. The molecular formula is C6H14BO3. The van der Waals surface area contributed by atoms with E-state index in [0.717, 1.165) is 0 Å². The lowest BCUT2D eigenvalue weighted by Gasteiger charge is -2.24. The molecule has 0 atom stereocenters. The molecule has 0 fully saturated rings. The van der Waals surface area contributed by atoms with Gasteiger partial charge in [-0.25, -0.2) is 0 Å². The van der Waals surface area contributed by atoms with Crippen molar-refractivity contribution < 1.29 is 15.3 Å². The van der Waals surface area contributed by atoms with Gasteiger partial charge in [-0.2, -0.15) is 0 Å². The molecule has 3 radical (unpaired) electrons. The van der Waals surface area contributed by atoms with Crippen molar-refractivity contribution in [3.8, 4) is 0 Å². The monoisotopic (exact) mass is 145 g/mol. The molecule has 3 N–H and O–H groups in total. The summed E-state index contributed by atoms with van der Waals surface area (Å²) in [4.78, 5) is 0. The Kier molecular flexibility index (Phi) is 7.20. The Morgan fingerprint density at radius 3 is 1.30 bits per heavy atom. The van der Waals surface area contributed by atoms with E-state index in [1.54, 1.807) is 0 Å². The second-order valence-electron chi connectivity index (χ2n) is 2.33. The highest BCUT2D eigenvalue weighted by atomic mass is 16.3. The fourth-order valence-electron chi connectivity index (χ4n) is 0.485. The van der Waals surface area contributed by atoms with Crippen LogP contribution >= 0.6 is 0 Å². The lowest BCUT2D eigenvalue weighted by molar-refractivity contribution is 0.00304. The van der Waals surface area contributed by atoms with Gasteiger partial charge >= 0.3 is 0 Å². The first-order chi connectivity index (χ1) is 4.24. The maximum atomic E-state index is 8.66. The zero-order valence-electron chi connectivity index (χ0n) is 6.25. The first-order valence-electron chi connectivity index (χ1n) is 3.07. The van der Waals surface area contributed by atoms with E-state index in [1.165, 1.54) is 0 Å². The Morgan fingerprint density at radius 2 is 1.30 bits per heavy atom. The van der Waals surface area contributed by atoms with Gasteiger partial charge < -0.3 is 15.3 Å². The summed E-state index contributed by atoms with van der Waals surface area (Å²) in [5.74, 6) is 0. The summed E-state index contributed by atoms with van der Waals surface area (Å²) < 4.78 is 0. The fraction of sp³-hybridized carbons (Fsp3) is 1.00. The van der Waals surface area contributed by atoms with Gasteiger partial charge in [0.1, 0.15) is 0 Å². The van der Waals surface area contributed by atoms with Crippen LogP contribution in [-0.2, 0) is 0 Å². The quantitative estimate of drug-likeness (QED) is 0.443. The molecule has 0 aliphatic carbocycles. The van der Waals surface area contributed by atoms with Gasteiger partial charge in [0, 0.05) is 13.8 Å². The number of rotatable bonds is 4. The van der Waals surface area contributed by atoms with Crippen molar-refractivity contribution in [2.45, 2.75) is 13.3 Å². The van der Waals surface area contributed by atoms with Crippen LogP contribution in [0.5, 0.6) is 0 Å². The SMILES string of the molecule is CCC(CO)(CO)CO.[B]. The van der Waals surface area contributed by atoms with Gasteiger partial charge in [0.05, 0.1) is 19.8 Å². The molecule has 10 heavy (non-hydrogen) atoms. The second kappa shape index (κ2) is 5.71. The maximum Gasteiger partial charge on any atom is 0.0531 e. The Morgan fingerprint density at radius 1 is 1.00 bits per heavy atom. The first-order valence-corrected chi connectivity index (χ1v) is 3.07. The van der Waals surface area contributed by atoms with Crippen molar-refractivity contribution in [1.82, 2.24) is 0 Å². The van der Waals surface area contributed by atoms with E-state index in [1.807, 2.05) is 6.92 Å². The summed E-state index contributed by atoms with van der Waals surface area (Å²) >= 11 is 0. The van der Waals surface area contributed by atoms with Crippen LogP contribution in [0.15, 0.2) is 0 Å². The summed E-state index contributed by atoms with van der Waals surface area (Å²) in [5.41, 5.74) is -0.667. The molecule has 0 rings (SSSR count). The average molecular weight is 145 g/mol. The largest absolute Gasteiger partial charge is 0.396 e. The molecule has 4 heteroatoms. The van der Waals surface area contributed by atoms with Crippen LogP contribution in [0.1, 0.15) is 13.3 Å². The number of hydrogen-bond acceptors (Lipinski definition) is 3. The van der Waals surface area contributed by atoms with Gasteiger partial charge in [-0.15, -0.1) is 0 Å². The minimum absolute atomic E-state index is 0. The molecule has 0 saturated carbocycles. The second-order valence-corrected chi connectivity index (χ2v) is 2.33. The van der Waals surface area contributed by atoms with Crippen molar-refractivity contribution in [3.05, 3.63) is 0 Å². The minimum atomic E-state index is -0.667. The van der Waals surface area contributed by atoms with Crippen LogP contribution in [0.4, 0.5) is 0 Å². The first kappa shape index (κ1) is 12.6. The molecule has 0 aliphatic rings. The van der Waals surface area contributed by atoms with Crippen molar-refractivity contribution in [3.63, 3.8) is 0 Å². The number of aliphatic hydroxyl groups is 3. The Labute approximate surface area is 63.3 Å². The lowest BCUT2D eigenvalue weighted by Crippen LogP contribution is -2.32. The van der Waals surface area contributed by atoms with Crippen molar-refractivity contribution in [2.24, 2.45) is 5.41 Å². The van der Waals surface area contributed by atoms with Crippen LogP contribution in [0.25, 0.3) is 0 Å². The molecule has 0 spiro atoms. The minimum Gasteiger partial charge on any atom is -0.396 e. The topological polar surface area (TPSA) is 60.7 Å². The van der Waals surface area contributed by atoms with Gasteiger partial charge in [-0.05, 0) is 6.42 Å². The van der Waals surface area contributed by atoms with Gasteiger partial charge in [-0.3, -0.25) is 0 Å². The highest BCUT2D eigenvalue weighted by Crippen LogP contribution is 2.18. The Balaban J connectivity index is 0. The molecule has 0 heterocycles. The highest BCUT2D eigenvalue weighted by molar-refractivity contribution is 5.75. The van der Waals surface area contributed by atoms with Crippen molar-refractivity contribution in [1.29, 1.82) is 0 Å². The van der Waals surface area contributed by atoms with E-state index >= 15 is 0 Å². The lowest BCUT2D eigenvalue weighted by atomic mass is 9.88. The maximum absolute atomic E-state index is 8.66. The van der Waals surface area contributed by atoms with Gasteiger partial charge in [0.2, 0.25) is 0 Å². The van der Waals surface area contributed by atoms with Crippen LogP contribution in [0.3, 0.4) is 0 Å². The van der Waals surface area contributed by atoms with E-state index in [4.69, 9.17) is 15.3 Å². The molecule has 0 bridgehead atoms. The molecule has 0 unspecified atom stereocenters. The number of aliphatic hydroxyl groups excluding tert-OH is 3. The van der Waals surface area contributed by atoms with E-state index in [2.05, 4.69) is 0 Å². The molecule has 0 aromatic rings. The summed E-state index contributed by atoms with van der Waals surface area (Å²) in [6.45, 7) is 1.35. The summed E-state index contributed by atoms with van der Waals surface area (Å²) in [7, 11) is 0. The molecule has 0 aromatic heterocycles. The predicted molar refractivity (Wildman–Crippen MR) is 39.7 cm³/mol. The van der Waals surface area contributed by atoms with Gasteiger partial charge in [-0.1, -0.05) is 6.92 Å². The molecular weight excluding hydrogens is 131 g/mol. The summed E-state index contributed by atoms with van der Waals surface area (Å²) in [5, 5.41) is 26.0. The average Bonchev–Trinajstić information content (AvgIpc) is 1.95. The van der Waals surface area contributed by atoms with E-state index in [-0.39, 0.29) is 28.2 Å². The smallest absolute Gasteiger partial charge is 0.0531 e. The van der Waals surface area contributed by atoms with Gasteiger partial charge in [0.15, 0.2) is 0 Å². The van der Waals surface area contributed by atoms with Crippen LogP contribution < -0.4 is 0 Å². The molecule has 3 nitrogen and oxygen atoms in total. The van der Waals surface area contributed by atoms with E-state index < -0.39 is 5.41 Å². The molecule has 0 aromatic carbocycles. The van der Waals surface area contributed by atoms with Crippen molar-refractivity contribution in [2.75, 3.05) is 19.8 Å². The third kappa shape index (κ3) is 2.69. The zero-order valence-corrected chi connectivity index (χ0v) is 6.25. The van der Waals surface area contributed by atoms with Crippen LogP contribution in [-0.4, -0.2) is 43.6 Å². The van der Waals surface area contributed by atoms with Crippen LogP contribution in [0, 0.1) is 5.41 Å². The molecule has 0 amide bonds. The molecule has 0 saturated heterocycles. The third-order valence-corrected chi connectivity index (χ3v) is 1.76. The predicted octanol–water partition coefficient (Wildman–Crippen LogP) is -1.02.